The number of amides is 3. The Balaban J connectivity index is 1.49. The number of nitrogens with zero attached hydrogens (tertiary/aromatic N) is 3. The van der Waals surface area contributed by atoms with Gasteiger partial charge in [-0.3, -0.25) is 19.7 Å². The molecule has 0 radical (unpaired) electrons. The lowest BCUT2D eigenvalue weighted by Crippen LogP contribution is -2.42. The number of hydrogen-bond donors (Lipinski definition) is 2. The van der Waals surface area contributed by atoms with Crippen molar-refractivity contribution in [3.8, 4) is 5.75 Å². The first-order chi connectivity index (χ1) is 15.9. The molecule has 9 nitrogen and oxygen atoms in total. The maximum absolute atomic E-state index is 13.1. The molecule has 4 rings (SSSR count). The third kappa shape index (κ3) is 4.78. The van der Waals surface area contributed by atoms with Crippen LogP contribution in [0.1, 0.15) is 33.2 Å². The Bertz CT molecular complexity index is 1210. The molecule has 3 aromatic rings. The fourth-order valence-corrected chi connectivity index (χ4v) is 3.51. The molecule has 1 aliphatic rings. The van der Waals surface area contributed by atoms with Crippen LogP contribution < -0.4 is 15.4 Å². The number of aromatic nitrogens is 2. The lowest BCUT2D eigenvalue weighted by atomic mass is 10.1. The van der Waals surface area contributed by atoms with Crippen molar-refractivity contribution < 1.29 is 19.1 Å². The zero-order valence-electron chi connectivity index (χ0n) is 17.8. The highest BCUT2D eigenvalue weighted by molar-refractivity contribution is 6.31. The van der Waals surface area contributed by atoms with Gasteiger partial charge < -0.3 is 15.0 Å². The van der Waals surface area contributed by atoms with Crippen molar-refractivity contribution >= 4 is 41.0 Å². The van der Waals surface area contributed by atoms with Crippen LogP contribution in [0.3, 0.4) is 0 Å². The average Bonchev–Trinajstić information content (AvgIpc) is 2.90. The first kappa shape index (κ1) is 22.2. The average molecular weight is 466 g/mol. The molecule has 2 heterocycles. The van der Waals surface area contributed by atoms with Gasteiger partial charge >= 0.3 is 0 Å². The second-order valence-corrected chi connectivity index (χ2v) is 7.82. The molecule has 1 aliphatic heterocycles. The van der Waals surface area contributed by atoms with Crippen LogP contribution in [0, 0.1) is 0 Å². The Morgan fingerprint density at radius 3 is 2.52 bits per heavy atom. The van der Waals surface area contributed by atoms with Gasteiger partial charge in [-0.2, -0.15) is 0 Å². The molecule has 1 unspecified atom stereocenters. The van der Waals surface area contributed by atoms with Gasteiger partial charge in [0.15, 0.2) is 5.75 Å². The van der Waals surface area contributed by atoms with Crippen LogP contribution in [0.5, 0.6) is 5.75 Å². The summed E-state index contributed by atoms with van der Waals surface area (Å²) in [5.41, 5.74) is 1.91. The lowest BCUT2D eigenvalue weighted by molar-refractivity contribution is -0.120. The number of methoxy groups -OCH3 is 1. The minimum absolute atomic E-state index is 0.152. The summed E-state index contributed by atoms with van der Waals surface area (Å²) in [5, 5.41) is 5.79. The van der Waals surface area contributed by atoms with E-state index in [9.17, 15) is 14.4 Å². The first-order valence-corrected chi connectivity index (χ1v) is 10.4. The van der Waals surface area contributed by atoms with Gasteiger partial charge in [0.1, 0.15) is 6.04 Å². The van der Waals surface area contributed by atoms with Gasteiger partial charge in [-0.15, -0.1) is 0 Å². The van der Waals surface area contributed by atoms with E-state index >= 15 is 0 Å². The standard InChI is InChI=1S/C23H20ClN5O4/c1-13-20(30)27-19-9-16(24)7-8-18(19)22(32)29(13)12-14-3-5-15(6-4-14)21(31)28-23-25-10-17(33-2)11-26-23/h3-11,13H,12H2,1-2H3,(H,27,30)(H,25,26,28,31). The number of benzene rings is 2. The number of hydrogen-bond acceptors (Lipinski definition) is 6. The Hall–Kier alpha value is -3.98. The predicted octanol–water partition coefficient (Wildman–Crippen LogP) is 3.37. The van der Waals surface area contributed by atoms with E-state index in [4.69, 9.17) is 16.3 Å². The van der Waals surface area contributed by atoms with Gasteiger partial charge in [0, 0.05) is 17.1 Å². The van der Waals surface area contributed by atoms with Crippen LogP contribution >= 0.6 is 11.6 Å². The van der Waals surface area contributed by atoms with E-state index in [0.717, 1.165) is 5.56 Å². The van der Waals surface area contributed by atoms with Crippen LogP contribution in [-0.2, 0) is 11.3 Å². The van der Waals surface area contributed by atoms with E-state index < -0.39 is 6.04 Å². The molecule has 0 bridgehead atoms. The number of carbonyl (C=O) groups is 3. The van der Waals surface area contributed by atoms with Gasteiger partial charge in [-0.25, -0.2) is 9.97 Å². The van der Waals surface area contributed by atoms with Crippen LogP contribution in [0.2, 0.25) is 5.02 Å². The monoisotopic (exact) mass is 465 g/mol. The maximum atomic E-state index is 13.1. The van der Waals surface area contributed by atoms with Crippen LogP contribution in [-0.4, -0.2) is 45.7 Å². The zero-order chi connectivity index (χ0) is 23.5. The molecule has 2 aromatic carbocycles. The molecule has 2 N–H and O–H groups in total. The van der Waals surface area contributed by atoms with Gasteiger partial charge in [0.2, 0.25) is 11.9 Å². The Morgan fingerprint density at radius 1 is 1.15 bits per heavy atom. The summed E-state index contributed by atoms with van der Waals surface area (Å²) in [6.45, 7) is 1.86. The van der Waals surface area contributed by atoms with Crippen molar-refractivity contribution in [3.05, 3.63) is 76.6 Å². The van der Waals surface area contributed by atoms with Gasteiger partial charge in [0.25, 0.3) is 11.8 Å². The second-order valence-electron chi connectivity index (χ2n) is 7.39. The minimum atomic E-state index is -0.695. The number of nitrogens with one attached hydrogen (secondary N) is 2. The molecule has 168 valence electrons. The number of ether oxygens (including phenoxy) is 1. The summed E-state index contributed by atoms with van der Waals surface area (Å²) >= 11 is 6.01. The molecule has 0 saturated heterocycles. The fourth-order valence-electron chi connectivity index (χ4n) is 3.34. The summed E-state index contributed by atoms with van der Waals surface area (Å²) in [5.74, 6) is -0.338. The molecule has 1 aromatic heterocycles. The SMILES string of the molecule is COc1cnc(NC(=O)c2ccc(CN3C(=O)c4ccc(Cl)cc4NC(=O)C3C)cc2)nc1. The highest BCUT2D eigenvalue weighted by atomic mass is 35.5. The summed E-state index contributed by atoms with van der Waals surface area (Å²) in [7, 11) is 1.50. The van der Waals surface area contributed by atoms with E-state index in [2.05, 4.69) is 20.6 Å². The minimum Gasteiger partial charge on any atom is -0.494 e. The van der Waals surface area contributed by atoms with Gasteiger partial charge in [-0.05, 0) is 42.8 Å². The van der Waals surface area contributed by atoms with Crippen LogP contribution in [0.15, 0.2) is 54.9 Å². The number of carbonyl (C=O) groups excluding carboxylic acids is 3. The molecule has 1 atom stereocenters. The summed E-state index contributed by atoms with van der Waals surface area (Å²) in [4.78, 5) is 47.7. The molecular weight excluding hydrogens is 446 g/mol. The number of fused-ring (bicyclic) bond motifs is 1. The molecule has 0 aliphatic carbocycles. The van der Waals surface area contributed by atoms with E-state index in [1.165, 1.54) is 24.4 Å². The highest BCUT2D eigenvalue weighted by Crippen LogP contribution is 2.27. The van der Waals surface area contributed by atoms with E-state index in [0.29, 0.717) is 27.6 Å². The Labute approximate surface area is 194 Å². The van der Waals surface area contributed by atoms with Crippen molar-refractivity contribution in [2.45, 2.75) is 19.5 Å². The maximum Gasteiger partial charge on any atom is 0.258 e. The normalized spacial score (nSPS) is 15.4. The first-order valence-electron chi connectivity index (χ1n) is 10.0. The molecule has 0 fully saturated rings. The van der Waals surface area contributed by atoms with E-state index in [1.54, 1.807) is 49.4 Å². The van der Waals surface area contributed by atoms with Crippen molar-refractivity contribution in [2.75, 3.05) is 17.7 Å². The van der Waals surface area contributed by atoms with Gasteiger partial charge in [-0.1, -0.05) is 23.7 Å². The fraction of sp³-hybridized carbons (Fsp3) is 0.174. The molecule has 10 heteroatoms. The summed E-state index contributed by atoms with van der Waals surface area (Å²) in [6.07, 6.45) is 2.90. The van der Waals surface area contributed by atoms with Crippen molar-refractivity contribution in [1.29, 1.82) is 0 Å². The highest BCUT2D eigenvalue weighted by Gasteiger charge is 2.32. The third-order valence-electron chi connectivity index (χ3n) is 5.24. The number of rotatable bonds is 5. The topological polar surface area (TPSA) is 114 Å². The largest absolute Gasteiger partial charge is 0.494 e. The molecular formula is C23H20ClN5O4. The molecule has 33 heavy (non-hydrogen) atoms. The Kier molecular flexibility index (Phi) is 6.23. The lowest BCUT2D eigenvalue weighted by Gasteiger charge is -2.26. The molecule has 0 saturated carbocycles. The quantitative estimate of drug-likeness (QED) is 0.597. The zero-order valence-corrected chi connectivity index (χ0v) is 18.6. The van der Waals surface area contributed by atoms with E-state index in [-0.39, 0.29) is 30.2 Å². The third-order valence-corrected chi connectivity index (χ3v) is 5.47. The van der Waals surface area contributed by atoms with E-state index in [1.807, 2.05) is 0 Å². The second kappa shape index (κ2) is 9.25. The smallest absolute Gasteiger partial charge is 0.258 e. The number of halogens is 1. The van der Waals surface area contributed by atoms with Gasteiger partial charge in [0.05, 0.1) is 30.8 Å². The number of anilines is 2. The van der Waals surface area contributed by atoms with Crippen LogP contribution in [0.4, 0.5) is 11.6 Å². The summed E-state index contributed by atoms with van der Waals surface area (Å²) < 4.78 is 4.99. The van der Waals surface area contributed by atoms with Crippen LogP contribution in [0.25, 0.3) is 0 Å². The predicted molar refractivity (Wildman–Crippen MR) is 122 cm³/mol. The Morgan fingerprint density at radius 2 is 1.85 bits per heavy atom. The molecule has 3 amide bonds. The summed E-state index contributed by atoms with van der Waals surface area (Å²) in [6, 6.07) is 10.8. The van der Waals surface area contributed by atoms with Crippen molar-refractivity contribution in [3.63, 3.8) is 0 Å². The molecule has 0 spiro atoms. The van der Waals surface area contributed by atoms with Crippen molar-refractivity contribution in [2.24, 2.45) is 0 Å². The van der Waals surface area contributed by atoms with Crippen molar-refractivity contribution in [1.82, 2.24) is 14.9 Å².